The Labute approximate surface area is 259 Å². The van der Waals surface area contributed by atoms with Gasteiger partial charge in [0, 0.05) is 48.9 Å². The van der Waals surface area contributed by atoms with Crippen LogP contribution in [0.25, 0.3) is 10.4 Å². The Hall–Kier alpha value is -4.12. The van der Waals surface area contributed by atoms with Gasteiger partial charge in [0.05, 0.1) is 6.61 Å². The number of amides is 3. The normalized spacial score (nSPS) is 12.3. The zero-order valence-corrected chi connectivity index (χ0v) is 26.8. The van der Waals surface area contributed by atoms with Gasteiger partial charge in [-0.2, -0.15) is 0 Å². The smallest absolute Gasteiger partial charge is 0.407 e. The fraction of sp³-hybridized carbons (Fsp3) is 0.645. The van der Waals surface area contributed by atoms with Gasteiger partial charge in [0.25, 0.3) is 0 Å². The van der Waals surface area contributed by atoms with Crippen molar-refractivity contribution in [2.75, 3.05) is 25.0 Å². The lowest BCUT2D eigenvalue weighted by molar-refractivity contribution is -0.146. The van der Waals surface area contributed by atoms with Crippen LogP contribution in [-0.2, 0) is 35.3 Å². The summed E-state index contributed by atoms with van der Waals surface area (Å²) in [6, 6.07) is 5.87. The molecule has 0 aromatic heterocycles. The molecule has 0 fully saturated rings. The molecule has 0 aliphatic heterocycles. The highest BCUT2D eigenvalue weighted by Crippen LogP contribution is 2.19. The van der Waals surface area contributed by atoms with Gasteiger partial charge in [0.15, 0.2) is 0 Å². The van der Waals surface area contributed by atoms with Crippen LogP contribution in [0.5, 0.6) is 0 Å². The quantitative estimate of drug-likeness (QED) is 0.0606. The standard InChI is InChI=1S/C31H48N6O7/c1-21(2)26(18-25(38)10-7-8-17-34-37-32)29(41)35-22(3)28(40)36-24-14-12-23(13-15-24)19-43-30(42)33-16-9-11-27(39)44-20-31(4,5)6/h12-15,21-22,26H,7-11,16-20H2,1-6H3,(H,33,42)(H,35,41)(H,36,40)/t22-,26-/m0/s1. The summed E-state index contributed by atoms with van der Waals surface area (Å²) >= 11 is 0. The summed E-state index contributed by atoms with van der Waals surface area (Å²) in [5.41, 5.74) is 9.41. The van der Waals surface area contributed by atoms with Crippen LogP contribution in [-0.4, -0.2) is 55.4 Å². The Morgan fingerprint density at radius 1 is 0.932 bits per heavy atom. The number of rotatable bonds is 19. The molecule has 13 heteroatoms. The van der Waals surface area contributed by atoms with Crippen LogP contribution < -0.4 is 16.0 Å². The van der Waals surface area contributed by atoms with Crippen molar-refractivity contribution in [3.05, 3.63) is 40.3 Å². The lowest BCUT2D eigenvalue weighted by atomic mass is 9.88. The molecule has 0 saturated heterocycles. The number of hydrogen-bond acceptors (Lipinski definition) is 8. The minimum atomic E-state index is -0.838. The fourth-order valence-corrected chi connectivity index (χ4v) is 3.84. The molecule has 1 rings (SSSR count). The molecular formula is C31H48N6O7. The van der Waals surface area contributed by atoms with Crippen molar-refractivity contribution in [3.63, 3.8) is 0 Å². The fourth-order valence-electron chi connectivity index (χ4n) is 3.84. The monoisotopic (exact) mass is 616 g/mol. The number of benzene rings is 1. The number of esters is 1. The lowest BCUT2D eigenvalue weighted by Crippen LogP contribution is -2.45. The number of unbranched alkanes of at least 4 members (excludes halogenated alkanes) is 1. The number of nitrogens with zero attached hydrogens (tertiary/aromatic N) is 3. The van der Waals surface area contributed by atoms with Crippen molar-refractivity contribution in [2.45, 2.75) is 92.7 Å². The number of ether oxygens (including phenoxy) is 2. The van der Waals surface area contributed by atoms with Crippen molar-refractivity contribution in [1.29, 1.82) is 0 Å². The molecule has 1 aromatic carbocycles. The van der Waals surface area contributed by atoms with E-state index in [2.05, 4.69) is 26.0 Å². The summed E-state index contributed by atoms with van der Waals surface area (Å²) in [5, 5.41) is 11.5. The van der Waals surface area contributed by atoms with Gasteiger partial charge in [-0.15, -0.1) is 0 Å². The van der Waals surface area contributed by atoms with Gasteiger partial charge in [-0.25, -0.2) is 4.79 Å². The number of alkyl carbamates (subject to hydrolysis) is 1. The van der Waals surface area contributed by atoms with Crippen LogP contribution in [0.3, 0.4) is 0 Å². The molecule has 0 aliphatic carbocycles. The summed E-state index contributed by atoms with van der Waals surface area (Å²) in [5.74, 6) is -1.81. The van der Waals surface area contributed by atoms with Gasteiger partial charge in [-0.1, -0.05) is 51.9 Å². The van der Waals surface area contributed by atoms with Crippen molar-refractivity contribution in [3.8, 4) is 0 Å². The van der Waals surface area contributed by atoms with E-state index < -0.39 is 24.0 Å². The highest BCUT2D eigenvalue weighted by Gasteiger charge is 2.27. The summed E-state index contributed by atoms with van der Waals surface area (Å²) in [7, 11) is 0. The molecule has 0 saturated carbocycles. The van der Waals surface area contributed by atoms with Gasteiger partial charge in [0.2, 0.25) is 11.8 Å². The van der Waals surface area contributed by atoms with Crippen LogP contribution >= 0.6 is 0 Å². The topological polar surface area (TPSA) is 189 Å². The van der Waals surface area contributed by atoms with Gasteiger partial charge >= 0.3 is 12.1 Å². The maximum atomic E-state index is 12.9. The van der Waals surface area contributed by atoms with Gasteiger partial charge in [0.1, 0.15) is 18.4 Å². The second-order valence-corrected chi connectivity index (χ2v) is 12.2. The molecule has 0 bridgehead atoms. The first-order valence-electron chi connectivity index (χ1n) is 15.0. The van der Waals surface area contributed by atoms with E-state index in [1.165, 1.54) is 0 Å². The molecule has 0 unspecified atom stereocenters. The first-order valence-corrected chi connectivity index (χ1v) is 15.0. The average molecular weight is 617 g/mol. The molecule has 0 spiro atoms. The van der Waals surface area contributed by atoms with E-state index in [9.17, 15) is 24.0 Å². The van der Waals surface area contributed by atoms with Gasteiger partial charge in [-0.05, 0) is 60.7 Å². The first kappa shape index (κ1) is 37.9. The Balaban J connectivity index is 2.43. The molecule has 44 heavy (non-hydrogen) atoms. The van der Waals surface area contributed by atoms with Crippen LogP contribution in [0.15, 0.2) is 29.4 Å². The highest BCUT2D eigenvalue weighted by atomic mass is 16.5. The second kappa shape index (κ2) is 20.0. The van der Waals surface area contributed by atoms with E-state index in [0.717, 1.165) is 0 Å². The number of ketones is 1. The van der Waals surface area contributed by atoms with Crippen molar-refractivity contribution >= 4 is 35.3 Å². The number of Topliss-reactive ketones (excluding diaryl/α,β-unsaturated/α-hetero) is 1. The van der Waals surface area contributed by atoms with E-state index >= 15 is 0 Å². The number of hydrogen-bond donors (Lipinski definition) is 3. The Morgan fingerprint density at radius 3 is 2.23 bits per heavy atom. The van der Waals surface area contributed by atoms with Crippen LogP contribution in [0, 0.1) is 17.3 Å². The van der Waals surface area contributed by atoms with Crippen LogP contribution in [0.2, 0.25) is 0 Å². The third kappa shape index (κ3) is 17.1. The first-order chi connectivity index (χ1) is 20.7. The Kier molecular flexibility index (Phi) is 17.2. The molecule has 244 valence electrons. The molecular weight excluding hydrogens is 568 g/mol. The molecule has 1 aromatic rings. The van der Waals surface area contributed by atoms with Gasteiger partial charge in [-0.3, -0.25) is 19.2 Å². The minimum Gasteiger partial charge on any atom is -0.465 e. The number of nitrogens with one attached hydrogen (secondary N) is 3. The van der Waals surface area contributed by atoms with Crippen LogP contribution in [0.1, 0.15) is 85.6 Å². The average Bonchev–Trinajstić information content (AvgIpc) is 2.95. The second-order valence-electron chi connectivity index (χ2n) is 12.2. The third-order valence-corrected chi connectivity index (χ3v) is 6.45. The van der Waals surface area contributed by atoms with Crippen LogP contribution in [0.4, 0.5) is 10.5 Å². The molecule has 0 radical (unpaired) electrons. The summed E-state index contributed by atoms with van der Waals surface area (Å²) in [6.07, 6.45) is 1.59. The maximum absolute atomic E-state index is 12.9. The van der Waals surface area contributed by atoms with E-state index in [0.29, 0.717) is 50.1 Å². The largest absolute Gasteiger partial charge is 0.465 e. The van der Waals surface area contributed by atoms with Crippen molar-refractivity contribution < 1.29 is 33.4 Å². The maximum Gasteiger partial charge on any atom is 0.407 e. The van der Waals surface area contributed by atoms with E-state index in [1.807, 2.05) is 34.6 Å². The zero-order valence-electron chi connectivity index (χ0n) is 26.8. The van der Waals surface area contributed by atoms with E-state index in [1.54, 1.807) is 31.2 Å². The Bertz CT molecular complexity index is 1140. The number of azide groups is 1. The zero-order chi connectivity index (χ0) is 33.1. The van der Waals surface area contributed by atoms with Crippen molar-refractivity contribution in [2.24, 2.45) is 22.4 Å². The predicted molar refractivity (Wildman–Crippen MR) is 166 cm³/mol. The number of carbonyl (C=O) groups excluding carboxylic acids is 5. The highest BCUT2D eigenvalue weighted by molar-refractivity contribution is 5.97. The molecule has 2 atom stereocenters. The molecule has 0 heterocycles. The third-order valence-electron chi connectivity index (χ3n) is 6.45. The molecule has 3 N–H and O–H groups in total. The lowest BCUT2D eigenvalue weighted by Gasteiger charge is -2.22. The number of carbonyl (C=O) groups is 5. The molecule has 13 nitrogen and oxygen atoms in total. The SMILES string of the molecule is CC(C)[C@H](CC(=O)CCCCN=[N+]=[N-])C(=O)N[C@@H](C)C(=O)Nc1ccc(COC(=O)NCCCC(=O)OCC(C)(C)C)cc1. The number of anilines is 1. The van der Waals surface area contributed by atoms with Gasteiger partial charge < -0.3 is 25.4 Å². The Morgan fingerprint density at radius 2 is 1.61 bits per heavy atom. The minimum absolute atomic E-state index is 0.0171. The summed E-state index contributed by atoms with van der Waals surface area (Å²) < 4.78 is 10.4. The van der Waals surface area contributed by atoms with E-state index in [4.69, 9.17) is 15.0 Å². The molecule has 0 aliphatic rings. The molecule has 3 amide bonds. The summed E-state index contributed by atoms with van der Waals surface area (Å²) in [6.45, 7) is 12.2. The van der Waals surface area contributed by atoms with E-state index in [-0.39, 0.29) is 55.0 Å². The predicted octanol–water partition coefficient (Wildman–Crippen LogP) is 5.44. The van der Waals surface area contributed by atoms with Crippen molar-refractivity contribution in [1.82, 2.24) is 10.6 Å². The summed E-state index contributed by atoms with van der Waals surface area (Å²) in [4.78, 5) is 64.3.